The number of guanidine groups is 1. The predicted octanol–water partition coefficient (Wildman–Crippen LogP) is -0.790. The maximum absolute atomic E-state index is 13.0. The summed E-state index contributed by atoms with van der Waals surface area (Å²) in [5.41, 5.74) is 19.2. The average Bonchev–Trinajstić information content (AvgIpc) is 3.36. The van der Waals surface area contributed by atoms with E-state index in [1.165, 1.54) is 24.3 Å². The van der Waals surface area contributed by atoms with Crippen molar-refractivity contribution in [3.63, 3.8) is 0 Å². The number of fused-ring (bicyclic) bond motifs is 1. The number of carbonyl (C=O) groups is 4. The summed E-state index contributed by atoms with van der Waals surface area (Å²) in [5, 5.41) is 27.3. The van der Waals surface area contributed by atoms with Crippen molar-refractivity contribution < 1.29 is 29.4 Å². The lowest BCUT2D eigenvalue weighted by molar-refractivity contribution is -0.141. The van der Waals surface area contributed by atoms with Crippen LogP contribution in [0.5, 0.6) is 5.75 Å². The average molecular weight is 581 g/mol. The molecule has 0 aliphatic carbocycles. The van der Waals surface area contributed by atoms with Crippen molar-refractivity contribution in [1.82, 2.24) is 20.9 Å². The topological polar surface area (TPSA) is 251 Å². The van der Waals surface area contributed by atoms with E-state index in [0.29, 0.717) is 12.0 Å². The smallest absolute Gasteiger partial charge is 0.326 e. The Hall–Kier alpha value is -5.11. The van der Waals surface area contributed by atoms with Crippen LogP contribution in [0.25, 0.3) is 10.9 Å². The molecule has 14 nitrogen and oxygen atoms in total. The van der Waals surface area contributed by atoms with E-state index in [1.807, 2.05) is 24.3 Å². The summed E-state index contributed by atoms with van der Waals surface area (Å²) in [6.07, 6.45) is 2.45. The minimum atomic E-state index is -1.27. The van der Waals surface area contributed by atoms with Gasteiger partial charge in [-0.05, 0) is 48.6 Å². The van der Waals surface area contributed by atoms with E-state index < -0.39 is 48.4 Å². The Labute approximate surface area is 241 Å². The molecule has 3 unspecified atom stereocenters. The standard InChI is InChI=1S/C28H36N8O6/c29-20(13-17-14-33-21-5-2-1-4-19(17)21)25(39)36-22(6-3-11-32-28(30)31)26(40)34-15-24(38)35-23(27(41)42)12-16-7-9-18(37)10-8-16/h1-2,4-5,7-10,14,20,22-23,33,37H,3,6,11-13,15,29H2,(H,34,40)(H,35,38)(H,36,39)(H,41,42)(H4,30,31,32). The zero-order valence-corrected chi connectivity index (χ0v) is 22.9. The van der Waals surface area contributed by atoms with Crippen LogP contribution in [0, 0.1) is 0 Å². The lowest BCUT2D eigenvalue weighted by Gasteiger charge is -2.21. The van der Waals surface area contributed by atoms with Gasteiger partial charge in [0.1, 0.15) is 17.8 Å². The van der Waals surface area contributed by atoms with Crippen LogP contribution in [0.2, 0.25) is 0 Å². The first-order chi connectivity index (χ1) is 20.0. The van der Waals surface area contributed by atoms with E-state index in [4.69, 9.17) is 17.2 Å². The lowest BCUT2D eigenvalue weighted by Crippen LogP contribution is -2.54. The molecule has 0 saturated heterocycles. The quantitative estimate of drug-likeness (QED) is 0.0619. The number of aliphatic carboxylic acids is 1. The van der Waals surface area contributed by atoms with E-state index in [0.717, 1.165) is 16.5 Å². The minimum Gasteiger partial charge on any atom is -0.508 e. The molecule has 0 aliphatic rings. The van der Waals surface area contributed by atoms with Crippen LogP contribution < -0.4 is 33.2 Å². The molecule has 3 rings (SSSR count). The molecule has 0 saturated carbocycles. The van der Waals surface area contributed by atoms with Crippen LogP contribution in [0.3, 0.4) is 0 Å². The number of rotatable bonds is 15. The summed E-state index contributed by atoms with van der Waals surface area (Å²) in [6.45, 7) is -0.318. The van der Waals surface area contributed by atoms with Crippen molar-refractivity contribution in [2.24, 2.45) is 22.2 Å². The number of para-hydroxylation sites is 1. The zero-order valence-electron chi connectivity index (χ0n) is 22.9. The van der Waals surface area contributed by atoms with Gasteiger partial charge in [0.25, 0.3) is 0 Å². The molecule has 42 heavy (non-hydrogen) atoms. The van der Waals surface area contributed by atoms with E-state index in [-0.39, 0.29) is 37.5 Å². The normalized spacial score (nSPS) is 13.0. The number of aromatic hydroxyl groups is 1. The molecule has 3 atom stereocenters. The third-order valence-corrected chi connectivity index (χ3v) is 6.46. The SMILES string of the molecule is NC(N)=NCCCC(NC(=O)C(N)Cc1c[nH]c2ccccc12)C(=O)NCC(=O)NC(Cc1ccc(O)cc1)C(=O)O. The third kappa shape index (κ3) is 9.52. The molecule has 14 heteroatoms. The number of nitrogens with two attached hydrogens (primary N) is 3. The Bertz CT molecular complexity index is 1420. The van der Waals surface area contributed by atoms with E-state index in [1.54, 1.807) is 6.20 Å². The van der Waals surface area contributed by atoms with Crippen molar-refractivity contribution in [2.45, 2.75) is 43.8 Å². The first-order valence-electron chi connectivity index (χ1n) is 13.3. The van der Waals surface area contributed by atoms with Gasteiger partial charge >= 0.3 is 5.97 Å². The molecular weight excluding hydrogens is 544 g/mol. The molecule has 0 bridgehead atoms. The summed E-state index contributed by atoms with van der Waals surface area (Å²) >= 11 is 0. The number of aromatic nitrogens is 1. The third-order valence-electron chi connectivity index (χ3n) is 6.46. The summed E-state index contributed by atoms with van der Waals surface area (Å²) in [4.78, 5) is 57.1. The molecule has 2 aromatic carbocycles. The van der Waals surface area contributed by atoms with E-state index in [9.17, 15) is 29.4 Å². The van der Waals surface area contributed by atoms with Crippen LogP contribution >= 0.6 is 0 Å². The van der Waals surface area contributed by atoms with Crippen molar-refractivity contribution in [3.8, 4) is 5.75 Å². The fourth-order valence-corrected chi connectivity index (χ4v) is 4.29. The number of nitrogens with one attached hydrogen (secondary N) is 4. The summed E-state index contributed by atoms with van der Waals surface area (Å²) in [7, 11) is 0. The number of amides is 3. The van der Waals surface area contributed by atoms with Gasteiger partial charge in [-0.25, -0.2) is 4.79 Å². The lowest BCUT2D eigenvalue weighted by atomic mass is 10.0. The van der Waals surface area contributed by atoms with Gasteiger partial charge in [-0.2, -0.15) is 0 Å². The molecule has 3 aromatic rings. The van der Waals surface area contributed by atoms with Crippen LogP contribution in [0.4, 0.5) is 0 Å². The predicted molar refractivity (Wildman–Crippen MR) is 156 cm³/mol. The second-order valence-electron chi connectivity index (χ2n) is 9.73. The highest BCUT2D eigenvalue weighted by molar-refractivity contribution is 5.93. The highest BCUT2D eigenvalue weighted by Gasteiger charge is 2.26. The Kier molecular flexibility index (Phi) is 11.3. The van der Waals surface area contributed by atoms with Crippen LogP contribution in [0.15, 0.2) is 59.7 Å². The van der Waals surface area contributed by atoms with Crippen molar-refractivity contribution in [1.29, 1.82) is 0 Å². The minimum absolute atomic E-state index is 0.0243. The van der Waals surface area contributed by atoms with Gasteiger partial charge in [0.15, 0.2) is 5.96 Å². The molecule has 1 aromatic heterocycles. The number of hydrogen-bond donors (Lipinski definition) is 9. The number of carbonyl (C=O) groups excluding carboxylic acids is 3. The van der Waals surface area contributed by atoms with Crippen molar-refractivity contribution in [2.75, 3.05) is 13.1 Å². The fraction of sp³-hybridized carbons (Fsp3) is 0.321. The number of phenolic OH excluding ortho intramolecular Hbond substituents is 1. The fourth-order valence-electron chi connectivity index (χ4n) is 4.29. The van der Waals surface area contributed by atoms with Crippen LogP contribution in [-0.2, 0) is 32.0 Å². The number of aromatic amines is 1. The van der Waals surface area contributed by atoms with Gasteiger partial charge in [0, 0.05) is 30.1 Å². The second kappa shape index (κ2) is 15.0. The highest BCUT2D eigenvalue weighted by atomic mass is 16.4. The number of carboxylic acids is 1. The van der Waals surface area contributed by atoms with Gasteiger partial charge in [-0.1, -0.05) is 30.3 Å². The molecule has 0 aliphatic heterocycles. The Balaban J connectivity index is 1.59. The first-order valence-corrected chi connectivity index (χ1v) is 13.3. The van der Waals surface area contributed by atoms with Crippen molar-refractivity contribution in [3.05, 3.63) is 65.9 Å². The number of nitrogens with zero attached hydrogens (tertiary/aromatic N) is 1. The summed E-state index contributed by atoms with van der Waals surface area (Å²) in [6, 6.07) is 10.2. The van der Waals surface area contributed by atoms with E-state index >= 15 is 0 Å². The molecule has 224 valence electrons. The summed E-state index contributed by atoms with van der Waals surface area (Å²) < 4.78 is 0. The number of aliphatic imine (C=N–C) groups is 1. The number of hydrogen-bond acceptors (Lipinski definition) is 7. The Morgan fingerprint density at radius 2 is 1.64 bits per heavy atom. The maximum Gasteiger partial charge on any atom is 0.326 e. The molecule has 1 heterocycles. The Morgan fingerprint density at radius 3 is 2.33 bits per heavy atom. The van der Waals surface area contributed by atoms with Crippen LogP contribution in [0.1, 0.15) is 24.0 Å². The van der Waals surface area contributed by atoms with Gasteiger partial charge in [0.2, 0.25) is 17.7 Å². The number of H-pyrrole nitrogens is 1. The molecular formula is C28H36N8O6. The Morgan fingerprint density at radius 1 is 0.929 bits per heavy atom. The van der Waals surface area contributed by atoms with Crippen molar-refractivity contribution >= 4 is 40.6 Å². The summed E-state index contributed by atoms with van der Waals surface area (Å²) in [5.74, 6) is -3.32. The molecule has 3 amide bonds. The number of benzene rings is 2. The monoisotopic (exact) mass is 580 g/mol. The molecule has 12 N–H and O–H groups in total. The van der Waals surface area contributed by atoms with E-state index in [2.05, 4.69) is 25.9 Å². The largest absolute Gasteiger partial charge is 0.508 e. The number of phenols is 1. The molecule has 0 spiro atoms. The maximum atomic E-state index is 13.0. The second-order valence-corrected chi connectivity index (χ2v) is 9.73. The zero-order chi connectivity index (χ0) is 30.6. The van der Waals surface area contributed by atoms with Gasteiger partial charge in [-0.15, -0.1) is 0 Å². The van der Waals surface area contributed by atoms with Gasteiger partial charge in [-0.3, -0.25) is 19.4 Å². The first kappa shape index (κ1) is 31.4. The number of carboxylic acid groups (broad SMARTS) is 1. The van der Waals surface area contributed by atoms with Crippen LogP contribution in [-0.4, -0.2) is 76.1 Å². The van der Waals surface area contributed by atoms with Gasteiger partial charge < -0.3 is 48.3 Å². The van der Waals surface area contributed by atoms with Gasteiger partial charge in [0.05, 0.1) is 12.6 Å². The molecule has 0 radical (unpaired) electrons. The highest BCUT2D eigenvalue weighted by Crippen LogP contribution is 2.19. The molecule has 0 fully saturated rings.